The molecule has 0 saturated carbocycles. The molecule has 1 fully saturated rings. The molecule has 3 atom stereocenters. The lowest BCUT2D eigenvalue weighted by molar-refractivity contribution is -0.144. The summed E-state index contributed by atoms with van der Waals surface area (Å²) in [5, 5.41) is 6.90. The molecular weight excluding hydrogens is 310 g/mol. The van der Waals surface area contributed by atoms with Crippen molar-refractivity contribution < 1.29 is 14.3 Å². The van der Waals surface area contributed by atoms with Crippen LogP contribution in [0.4, 0.5) is 5.69 Å². The molecule has 1 aliphatic heterocycles. The van der Waals surface area contributed by atoms with E-state index in [1.165, 1.54) is 4.68 Å². The van der Waals surface area contributed by atoms with Gasteiger partial charge in [0, 0.05) is 31.7 Å². The molecule has 1 aromatic heterocycles. The highest BCUT2D eigenvalue weighted by Crippen LogP contribution is 2.12. The lowest BCUT2D eigenvalue weighted by atomic mass is 10.2. The number of aromatic nitrogens is 2. The van der Waals surface area contributed by atoms with Crippen molar-refractivity contribution in [3.63, 3.8) is 0 Å². The van der Waals surface area contributed by atoms with E-state index >= 15 is 0 Å². The van der Waals surface area contributed by atoms with Crippen molar-refractivity contribution in [2.24, 2.45) is 5.73 Å². The van der Waals surface area contributed by atoms with Crippen molar-refractivity contribution in [3.8, 4) is 0 Å². The lowest BCUT2D eigenvalue weighted by Gasteiger charge is -2.35. The van der Waals surface area contributed by atoms with Gasteiger partial charge in [-0.25, -0.2) is 0 Å². The van der Waals surface area contributed by atoms with Gasteiger partial charge in [-0.15, -0.1) is 0 Å². The van der Waals surface area contributed by atoms with Gasteiger partial charge in [-0.2, -0.15) is 5.10 Å². The molecule has 8 nitrogen and oxygen atoms in total. The van der Waals surface area contributed by atoms with Gasteiger partial charge >= 0.3 is 0 Å². The SMILES string of the molecule is CC(N)CCC(=O)Nc1cnn(CC(=O)N2CC(C)OC(C)C2)c1. The first kappa shape index (κ1) is 18.4. The molecule has 3 unspecified atom stereocenters. The predicted octanol–water partition coefficient (Wildman–Crippen LogP) is 0.585. The Morgan fingerprint density at radius 1 is 1.42 bits per heavy atom. The summed E-state index contributed by atoms with van der Waals surface area (Å²) >= 11 is 0. The highest BCUT2D eigenvalue weighted by Gasteiger charge is 2.26. The molecule has 0 aromatic carbocycles. The molecule has 1 aromatic rings. The molecule has 1 saturated heterocycles. The van der Waals surface area contributed by atoms with E-state index < -0.39 is 0 Å². The standard InChI is InChI=1S/C16H27N5O3/c1-11(17)4-5-15(22)19-14-6-18-21(9-14)10-16(23)20-7-12(2)24-13(3)8-20/h6,9,11-13H,4-5,7-8,10,17H2,1-3H3,(H,19,22). The van der Waals surface area contributed by atoms with E-state index in [1.807, 2.05) is 20.8 Å². The van der Waals surface area contributed by atoms with Crippen LogP contribution in [0.15, 0.2) is 12.4 Å². The molecule has 1 aliphatic rings. The Morgan fingerprint density at radius 2 is 2.08 bits per heavy atom. The van der Waals surface area contributed by atoms with Gasteiger partial charge in [-0.05, 0) is 27.2 Å². The third-order valence-corrected chi connectivity index (χ3v) is 3.81. The Bertz CT molecular complexity index is 562. The summed E-state index contributed by atoms with van der Waals surface area (Å²) in [6.45, 7) is 7.11. The highest BCUT2D eigenvalue weighted by molar-refractivity contribution is 5.90. The molecule has 0 radical (unpaired) electrons. The Morgan fingerprint density at radius 3 is 2.71 bits per heavy atom. The second kappa shape index (κ2) is 8.25. The molecule has 134 valence electrons. The van der Waals surface area contributed by atoms with E-state index in [1.54, 1.807) is 17.3 Å². The van der Waals surface area contributed by atoms with Crippen molar-refractivity contribution in [3.05, 3.63) is 12.4 Å². The highest BCUT2D eigenvalue weighted by atomic mass is 16.5. The minimum atomic E-state index is -0.103. The Balaban J connectivity index is 1.84. The average Bonchev–Trinajstić information content (AvgIpc) is 2.91. The number of carbonyl (C=O) groups excluding carboxylic acids is 2. The van der Waals surface area contributed by atoms with Crippen molar-refractivity contribution >= 4 is 17.5 Å². The number of hydrogen-bond donors (Lipinski definition) is 2. The van der Waals surface area contributed by atoms with Gasteiger partial charge in [0.2, 0.25) is 11.8 Å². The van der Waals surface area contributed by atoms with Crippen LogP contribution in [0.2, 0.25) is 0 Å². The number of morpholine rings is 1. The number of rotatable bonds is 6. The van der Waals surface area contributed by atoms with Crippen molar-refractivity contribution in [1.29, 1.82) is 0 Å². The fourth-order valence-corrected chi connectivity index (χ4v) is 2.72. The van der Waals surface area contributed by atoms with Gasteiger partial charge in [-0.1, -0.05) is 0 Å². The van der Waals surface area contributed by atoms with Gasteiger partial charge < -0.3 is 20.7 Å². The van der Waals surface area contributed by atoms with Crippen molar-refractivity contribution in [2.75, 3.05) is 18.4 Å². The summed E-state index contributed by atoms with van der Waals surface area (Å²) in [6, 6.07) is -0.00518. The number of anilines is 1. The molecule has 2 rings (SSSR count). The molecule has 2 amide bonds. The van der Waals surface area contributed by atoms with Crippen molar-refractivity contribution in [1.82, 2.24) is 14.7 Å². The quantitative estimate of drug-likeness (QED) is 0.791. The Hall–Kier alpha value is -1.93. The summed E-state index contributed by atoms with van der Waals surface area (Å²) in [4.78, 5) is 25.9. The van der Waals surface area contributed by atoms with E-state index in [0.29, 0.717) is 31.6 Å². The van der Waals surface area contributed by atoms with Gasteiger partial charge in [-0.3, -0.25) is 14.3 Å². The summed E-state index contributed by atoms with van der Waals surface area (Å²) in [7, 11) is 0. The first-order chi connectivity index (χ1) is 11.3. The van der Waals surface area contributed by atoms with E-state index in [0.717, 1.165) is 0 Å². The Kier molecular flexibility index (Phi) is 6.33. The van der Waals surface area contributed by atoms with Crippen LogP contribution in [0.1, 0.15) is 33.6 Å². The second-order valence-electron chi connectivity index (χ2n) is 6.55. The zero-order valence-corrected chi connectivity index (χ0v) is 14.6. The van der Waals surface area contributed by atoms with Crippen molar-refractivity contribution in [2.45, 2.75) is 58.4 Å². The molecule has 0 spiro atoms. The van der Waals surface area contributed by atoms with Crippen LogP contribution in [-0.4, -0.2) is 57.8 Å². The normalized spacial score (nSPS) is 22.2. The lowest BCUT2D eigenvalue weighted by Crippen LogP contribution is -2.49. The van der Waals surface area contributed by atoms with Gasteiger partial charge in [0.25, 0.3) is 0 Å². The summed E-state index contributed by atoms with van der Waals surface area (Å²) in [6.07, 6.45) is 4.28. The third-order valence-electron chi connectivity index (χ3n) is 3.81. The van der Waals surface area contributed by atoms with Gasteiger partial charge in [0.05, 0.1) is 24.1 Å². The van der Waals surface area contributed by atoms with Crippen LogP contribution < -0.4 is 11.1 Å². The molecule has 0 bridgehead atoms. The minimum Gasteiger partial charge on any atom is -0.372 e. The number of nitrogens with zero attached hydrogens (tertiary/aromatic N) is 3. The fraction of sp³-hybridized carbons (Fsp3) is 0.688. The number of ether oxygens (including phenoxy) is 1. The zero-order chi connectivity index (χ0) is 17.7. The molecule has 24 heavy (non-hydrogen) atoms. The van der Waals surface area contributed by atoms with E-state index in [9.17, 15) is 9.59 Å². The van der Waals surface area contributed by atoms with Crippen LogP contribution in [0.3, 0.4) is 0 Å². The monoisotopic (exact) mass is 337 g/mol. The maximum Gasteiger partial charge on any atom is 0.244 e. The number of carbonyl (C=O) groups is 2. The minimum absolute atomic E-state index is 0.00469. The molecule has 3 N–H and O–H groups in total. The summed E-state index contributed by atoms with van der Waals surface area (Å²) in [5.74, 6) is -0.107. The number of nitrogens with two attached hydrogens (primary N) is 1. The number of amides is 2. The number of hydrogen-bond acceptors (Lipinski definition) is 5. The maximum absolute atomic E-state index is 12.4. The van der Waals surface area contributed by atoms with Crippen LogP contribution >= 0.6 is 0 Å². The molecular formula is C16H27N5O3. The summed E-state index contributed by atoms with van der Waals surface area (Å²) < 4.78 is 7.17. The fourth-order valence-electron chi connectivity index (χ4n) is 2.72. The summed E-state index contributed by atoms with van der Waals surface area (Å²) in [5.41, 5.74) is 6.22. The second-order valence-corrected chi connectivity index (χ2v) is 6.55. The maximum atomic E-state index is 12.4. The zero-order valence-electron chi connectivity index (χ0n) is 14.6. The van der Waals surface area contributed by atoms with Crippen LogP contribution in [0.5, 0.6) is 0 Å². The predicted molar refractivity (Wildman–Crippen MR) is 90.3 cm³/mol. The largest absolute Gasteiger partial charge is 0.372 e. The molecule has 2 heterocycles. The van der Waals surface area contributed by atoms with Gasteiger partial charge in [0.1, 0.15) is 6.54 Å². The van der Waals surface area contributed by atoms with Crippen LogP contribution in [0, 0.1) is 0 Å². The first-order valence-electron chi connectivity index (χ1n) is 8.34. The van der Waals surface area contributed by atoms with E-state index in [4.69, 9.17) is 10.5 Å². The molecule has 0 aliphatic carbocycles. The first-order valence-corrected chi connectivity index (χ1v) is 8.34. The van der Waals surface area contributed by atoms with Crippen LogP contribution in [-0.2, 0) is 20.9 Å². The smallest absolute Gasteiger partial charge is 0.244 e. The van der Waals surface area contributed by atoms with Gasteiger partial charge in [0.15, 0.2) is 0 Å². The van der Waals surface area contributed by atoms with E-state index in [2.05, 4.69) is 10.4 Å². The third kappa shape index (κ3) is 5.61. The van der Waals surface area contributed by atoms with E-state index in [-0.39, 0.29) is 36.6 Å². The Labute approximate surface area is 142 Å². The number of nitrogens with one attached hydrogen (secondary N) is 1. The average molecular weight is 337 g/mol. The van der Waals surface area contributed by atoms with Crippen LogP contribution in [0.25, 0.3) is 0 Å². The topological polar surface area (TPSA) is 102 Å². The molecule has 8 heteroatoms.